The summed E-state index contributed by atoms with van der Waals surface area (Å²) in [6.07, 6.45) is 8.99. The molecular formula is C21H22N2O2. The second kappa shape index (κ2) is 6.93. The zero-order valence-corrected chi connectivity index (χ0v) is 14.3. The van der Waals surface area contributed by atoms with Crippen molar-refractivity contribution in [2.75, 3.05) is 0 Å². The number of rotatable bonds is 5. The van der Waals surface area contributed by atoms with Crippen molar-refractivity contribution in [2.24, 2.45) is 11.5 Å². The van der Waals surface area contributed by atoms with E-state index in [1.54, 1.807) is 6.08 Å². The number of hydrogen-bond acceptors (Lipinski definition) is 4. The van der Waals surface area contributed by atoms with Gasteiger partial charge in [0.25, 0.3) is 0 Å². The van der Waals surface area contributed by atoms with Crippen LogP contribution in [0.4, 0.5) is 0 Å². The van der Waals surface area contributed by atoms with Crippen LogP contribution in [-0.2, 0) is 16.0 Å². The van der Waals surface area contributed by atoms with Crippen molar-refractivity contribution in [2.45, 2.75) is 32.6 Å². The third-order valence-corrected chi connectivity index (χ3v) is 4.59. The number of allylic oxidation sites excluding steroid dienone is 6. The van der Waals surface area contributed by atoms with E-state index in [-0.39, 0.29) is 34.1 Å². The predicted molar refractivity (Wildman–Crippen MR) is 99.2 cm³/mol. The number of unbranched alkanes of at least 4 members (excludes halogenated alkanes) is 2. The van der Waals surface area contributed by atoms with Gasteiger partial charge in [0, 0.05) is 17.0 Å². The second-order valence-electron chi connectivity index (χ2n) is 6.40. The first-order chi connectivity index (χ1) is 12.0. The van der Waals surface area contributed by atoms with Gasteiger partial charge in [0.05, 0.1) is 11.1 Å². The van der Waals surface area contributed by atoms with Crippen LogP contribution in [0.3, 0.4) is 0 Å². The maximum absolute atomic E-state index is 12.9. The van der Waals surface area contributed by atoms with Gasteiger partial charge in [-0.1, -0.05) is 44.0 Å². The molecule has 0 bridgehead atoms. The van der Waals surface area contributed by atoms with Gasteiger partial charge in [-0.2, -0.15) is 0 Å². The molecule has 4 nitrogen and oxygen atoms in total. The van der Waals surface area contributed by atoms with Crippen molar-refractivity contribution in [3.63, 3.8) is 0 Å². The molecule has 0 atom stereocenters. The molecule has 0 spiro atoms. The average Bonchev–Trinajstić information content (AvgIpc) is 2.61. The van der Waals surface area contributed by atoms with E-state index >= 15 is 0 Å². The van der Waals surface area contributed by atoms with E-state index in [1.165, 1.54) is 30.6 Å². The van der Waals surface area contributed by atoms with Gasteiger partial charge in [-0.15, -0.1) is 0 Å². The van der Waals surface area contributed by atoms with E-state index in [4.69, 9.17) is 11.5 Å². The lowest BCUT2D eigenvalue weighted by atomic mass is 9.81. The molecule has 0 unspecified atom stereocenters. The molecule has 0 heterocycles. The number of benzene rings is 1. The molecule has 25 heavy (non-hydrogen) atoms. The molecule has 4 N–H and O–H groups in total. The lowest BCUT2D eigenvalue weighted by Crippen LogP contribution is -2.26. The molecule has 0 saturated heterocycles. The number of Topliss-reactive ketones (excluding diaryl/α,β-unsaturated/α-hetero) is 1. The molecule has 4 heteroatoms. The number of aryl methyl sites for hydroxylation is 1. The Hall–Kier alpha value is -2.88. The SMILES string of the molecule is CCCCCc1ccc(C2=CC(N)=C3C(=O)C=CC(N)=C3C2=O)cc1. The Morgan fingerprint density at radius 1 is 0.880 bits per heavy atom. The van der Waals surface area contributed by atoms with E-state index in [2.05, 4.69) is 6.92 Å². The monoisotopic (exact) mass is 334 g/mol. The van der Waals surface area contributed by atoms with E-state index < -0.39 is 0 Å². The molecule has 0 aliphatic heterocycles. The fraction of sp³-hybridized carbons (Fsp3) is 0.238. The molecule has 0 saturated carbocycles. The Morgan fingerprint density at radius 3 is 2.28 bits per heavy atom. The highest BCUT2D eigenvalue weighted by Crippen LogP contribution is 2.33. The van der Waals surface area contributed by atoms with Gasteiger partial charge < -0.3 is 11.5 Å². The van der Waals surface area contributed by atoms with Gasteiger partial charge in [-0.25, -0.2) is 0 Å². The summed E-state index contributed by atoms with van der Waals surface area (Å²) in [5.74, 6) is -0.533. The van der Waals surface area contributed by atoms with E-state index in [9.17, 15) is 9.59 Å². The zero-order chi connectivity index (χ0) is 18.0. The summed E-state index contributed by atoms with van der Waals surface area (Å²) >= 11 is 0. The number of nitrogens with two attached hydrogens (primary N) is 2. The van der Waals surface area contributed by atoms with Gasteiger partial charge in [-0.05, 0) is 42.2 Å². The molecule has 0 fully saturated rings. The lowest BCUT2D eigenvalue weighted by Gasteiger charge is -2.22. The Bertz CT molecular complexity index is 852. The molecule has 2 aliphatic carbocycles. The summed E-state index contributed by atoms with van der Waals surface area (Å²) in [6, 6.07) is 7.94. The number of hydrogen-bond donors (Lipinski definition) is 2. The summed E-state index contributed by atoms with van der Waals surface area (Å²) in [6.45, 7) is 2.18. The van der Waals surface area contributed by atoms with E-state index in [0.29, 0.717) is 5.57 Å². The Kier molecular flexibility index (Phi) is 4.70. The van der Waals surface area contributed by atoms with Crippen LogP contribution in [0, 0.1) is 0 Å². The molecule has 3 rings (SSSR count). The van der Waals surface area contributed by atoms with Crippen molar-refractivity contribution in [1.29, 1.82) is 0 Å². The molecule has 1 aromatic carbocycles. The molecule has 0 radical (unpaired) electrons. The predicted octanol–water partition coefficient (Wildman–Crippen LogP) is 2.95. The second-order valence-corrected chi connectivity index (χ2v) is 6.40. The first-order valence-electron chi connectivity index (χ1n) is 8.61. The summed E-state index contributed by atoms with van der Waals surface area (Å²) < 4.78 is 0. The van der Waals surface area contributed by atoms with Crippen LogP contribution in [0.1, 0.15) is 37.3 Å². The van der Waals surface area contributed by atoms with Crippen LogP contribution >= 0.6 is 0 Å². The highest BCUT2D eigenvalue weighted by Gasteiger charge is 2.32. The summed E-state index contributed by atoms with van der Waals surface area (Å²) in [4.78, 5) is 24.9. The van der Waals surface area contributed by atoms with E-state index in [0.717, 1.165) is 18.4 Å². The molecule has 128 valence electrons. The summed E-state index contributed by atoms with van der Waals surface area (Å²) in [7, 11) is 0. The van der Waals surface area contributed by atoms with Crippen LogP contribution in [0.2, 0.25) is 0 Å². The third kappa shape index (κ3) is 3.20. The Morgan fingerprint density at radius 2 is 1.60 bits per heavy atom. The summed E-state index contributed by atoms with van der Waals surface area (Å²) in [5.41, 5.74) is 15.5. The minimum atomic E-state index is -0.281. The number of carbonyl (C=O) groups excluding carboxylic acids is 2. The quantitative estimate of drug-likeness (QED) is 0.811. The molecule has 0 amide bonds. The van der Waals surface area contributed by atoms with Crippen molar-refractivity contribution < 1.29 is 9.59 Å². The Balaban J connectivity index is 1.93. The molecule has 0 aromatic heterocycles. The van der Waals surface area contributed by atoms with Gasteiger partial charge in [0.2, 0.25) is 0 Å². The maximum Gasteiger partial charge on any atom is 0.196 e. The van der Waals surface area contributed by atoms with Crippen LogP contribution in [0.25, 0.3) is 5.57 Å². The van der Waals surface area contributed by atoms with Crippen LogP contribution in [0.5, 0.6) is 0 Å². The van der Waals surface area contributed by atoms with Crippen molar-refractivity contribution in [3.05, 3.63) is 76.2 Å². The Labute approximate surface area is 147 Å². The van der Waals surface area contributed by atoms with Crippen LogP contribution < -0.4 is 11.5 Å². The van der Waals surface area contributed by atoms with Gasteiger partial charge >= 0.3 is 0 Å². The first-order valence-corrected chi connectivity index (χ1v) is 8.61. The highest BCUT2D eigenvalue weighted by molar-refractivity contribution is 6.36. The minimum absolute atomic E-state index is 0.213. The molecule has 1 aromatic rings. The molecular weight excluding hydrogens is 312 g/mol. The van der Waals surface area contributed by atoms with E-state index in [1.807, 2.05) is 24.3 Å². The van der Waals surface area contributed by atoms with Gasteiger partial charge in [0.1, 0.15) is 0 Å². The average molecular weight is 334 g/mol. The largest absolute Gasteiger partial charge is 0.398 e. The number of fused-ring (bicyclic) bond motifs is 1. The first kappa shape index (κ1) is 17.0. The minimum Gasteiger partial charge on any atom is -0.398 e. The van der Waals surface area contributed by atoms with Gasteiger partial charge in [0.15, 0.2) is 11.6 Å². The van der Waals surface area contributed by atoms with Crippen LogP contribution in [0.15, 0.2) is 65.0 Å². The van der Waals surface area contributed by atoms with Crippen LogP contribution in [-0.4, -0.2) is 11.6 Å². The van der Waals surface area contributed by atoms with Gasteiger partial charge in [-0.3, -0.25) is 9.59 Å². The smallest absolute Gasteiger partial charge is 0.196 e. The zero-order valence-electron chi connectivity index (χ0n) is 14.3. The fourth-order valence-electron chi connectivity index (χ4n) is 3.20. The maximum atomic E-state index is 12.9. The number of ketones is 2. The standard InChI is InChI=1S/C21H22N2O2/c1-2-3-4-5-13-6-8-14(9-7-13)15-12-17(23)19-18(24)11-10-16(22)20(19)21(15)25/h6-12H,2-5,22-23H2,1H3. The third-order valence-electron chi connectivity index (χ3n) is 4.59. The van der Waals surface area contributed by atoms with Crippen molar-refractivity contribution >= 4 is 17.1 Å². The molecule has 2 aliphatic rings. The lowest BCUT2D eigenvalue weighted by molar-refractivity contribution is -0.113. The normalized spacial score (nSPS) is 17.1. The fourth-order valence-corrected chi connectivity index (χ4v) is 3.20. The van der Waals surface area contributed by atoms with Crippen molar-refractivity contribution in [1.82, 2.24) is 0 Å². The summed E-state index contributed by atoms with van der Waals surface area (Å²) in [5, 5.41) is 0. The van der Waals surface area contributed by atoms with Crippen molar-refractivity contribution in [3.8, 4) is 0 Å². The highest BCUT2D eigenvalue weighted by atomic mass is 16.1. The topological polar surface area (TPSA) is 86.2 Å². The number of carbonyl (C=O) groups is 2.